The highest BCUT2D eigenvalue weighted by atomic mass is 19.1. The average molecular weight is 338 g/mol. The van der Waals surface area contributed by atoms with Gasteiger partial charge in [-0.2, -0.15) is 0 Å². The van der Waals surface area contributed by atoms with Crippen LogP contribution in [0, 0.1) is 12.7 Å². The first-order chi connectivity index (χ1) is 12.1. The van der Waals surface area contributed by atoms with Gasteiger partial charge in [0.05, 0.1) is 0 Å². The van der Waals surface area contributed by atoms with Crippen LogP contribution >= 0.6 is 0 Å². The van der Waals surface area contributed by atoms with E-state index in [1.807, 2.05) is 30.0 Å². The molecule has 0 aliphatic carbocycles. The zero-order valence-electron chi connectivity index (χ0n) is 14.0. The van der Waals surface area contributed by atoms with E-state index in [2.05, 4.69) is 14.9 Å². The summed E-state index contributed by atoms with van der Waals surface area (Å²) in [7, 11) is 0. The summed E-state index contributed by atoms with van der Waals surface area (Å²) in [6.07, 6.45) is 1.78. The number of hydrogen-bond acceptors (Lipinski definition) is 3. The predicted molar refractivity (Wildman–Crippen MR) is 95.3 cm³/mol. The minimum Gasteiger partial charge on any atom is -0.353 e. The fourth-order valence-corrected chi connectivity index (χ4v) is 3.36. The summed E-state index contributed by atoms with van der Waals surface area (Å²) < 4.78 is 13.4. The molecule has 0 radical (unpaired) electrons. The van der Waals surface area contributed by atoms with Crippen molar-refractivity contribution in [2.75, 3.05) is 31.1 Å². The van der Waals surface area contributed by atoms with Gasteiger partial charge in [0.25, 0.3) is 5.91 Å². The third-order valence-corrected chi connectivity index (χ3v) is 4.77. The van der Waals surface area contributed by atoms with Crippen LogP contribution < -0.4 is 4.90 Å². The Morgan fingerprint density at radius 2 is 1.96 bits per heavy atom. The van der Waals surface area contributed by atoms with E-state index in [0.29, 0.717) is 24.3 Å². The van der Waals surface area contributed by atoms with E-state index in [-0.39, 0.29) is 11.7 Å². The zero-order chi connectivity index (χ0) is 17.4. The van der Waals surface area contributed by atoms with Gasteiger partial charge in [-0.25, -0.2) is 9.37 Å². The van der Waals surface area contributed by atoms with E-state index in [9.17, 15) is 9.18 Å². The Balaban J connectivity index is 1.52. The van der Waals surface area contributed by atoms with E-state index in [1.165, 1.54) is 12.1 Å². The number of nitrogens with zero attached hydrogens (tertiary/aromatic N) is 3. The number of nitrogens with one attached hydrogen (secondary N) is 1. The second-order valence-electron chi connectivity index (χ2n) is 6.28. The predicted octanol–water partition coefficient (Wildman–Crippen LogP) is 2.97. The maximum absolute atomic E-state index is 13.4. The summed E-state index contributed by atoms with van der Waals surface area (Å²) in [4.78, 5) is 24.4. The third kappa shape index (κ3) is 2.84. The first-order valence-corrected chi connectivity index (χ1v) is 8.36. The molecule has 1 aromatic carbocycles. The van der Waals surface area contributed by atoms with E-state index in [1.54, 1.807) is 12.3 Å². The van der Waals surface area contributed by atoms with Crippen LogP contribution in [0.1, 0.15) is 16.1 Å². The van der Waals surface area contributed by atoms with Crippen LogP contribution in [-0.4, -0.2) is 47.0 Å². The molecule has 1 aliphatic rings. The molecule has 0 bridgehead atoms. The Morgan fingerprint density at radius 3 is 2.68 bits per heavy atom. The quantitative estimate of drug-likeness (QED) is 0.781. The summed E-state index contributed by atoms with van der Waals surface area (Å²) in [6, 6.07) is 10.4. The number of pyridine rings is 1. The lowest BCUT2D eigenvalue weighted by Crippen LogP contribution is -2.49. The van der Waals surface area contributed by atoms with Gasteiger partial charge in [0.1, 0.15) is 17.3 Å². The third-order valence-electron chi connectivity index (χ3n) is 4.77. The molecule has 2 aromatic heterocycles. The number of aryl methyl sites for hydroxylation is 1. The fraction of sp³-hybridized carbons (Fsp3) is 0.263. The van der Waals surface area contributed by atoms with Gasteiger partial charge in [0, 0.05) is 43.3 Å². The molecule has 1 amide bonds. The van der Waals surface area contributed by atoms with Crippen molar-refractivity contribution in [3.63, 3.8) is 0 Å². The van der Waals surface area contributed by atoms with Gasteiger partial charge in [-0.15, -0.1) is 0 Å². The SMILES string of the molecule is Cc1c(C(=O)N2CCN(c3ccccn3)CC2)[nH]c2cc(F)ccc12. The number of rotatable bonds is 2. The molecule has 128 valence electrons. The number of carbonyl (C=O) groups excluding carboxylic acids is 1. The number of H-pyrrole nitrogens is 1. The molecule has 3 heterocycles. The summed E-state index contributed by atoms with van der Waals surface area (Å²) in [5.41, 5.74) is 2.08. The molecular formula is C19H19FN4O. The van der Waals surface area contributed by atoms with E-state index < -0.39 is 0 Å². The molecule has 1 fully saturated rings. The van der Waals surface area contributed by atoms with Crippen LogP contribution in [0.2, 0.25) is 0 Å². The molecule has 1 saturated heterocycles. The van der Waals surface area contributed by atoms with Crippen molar-refractivity contribution in [1.82, 2.24) is 14.9 Å². The van der Waals surface area contributed by atoms with Crippen molar-refractivity contribution < 1.29 is 9.18 Å². The highest BCUT2D eigenvalue weighted by molar-refractivity contribution is 6.01. The number of aromatic nitrogens is 2. The molecule has 3 aromatic rings. The van der Waals surface area contributed by atoms with Gasteiger partial charge >= 0.3 is 0 Å². The molecule has 6 heteroatoms. The first kappa shape index (κ1) is 15.6. The number of amides is 1. The number of anilines is 1. The molecule has 1 aliphatic heterocycles. The Hall–Kier alpha value is -2.89. The van der Waals surface area contributed by atoms with Crippen molar-refractivity contribution >= 4 is 22.6 Å². The molecule has 0 saturated carbocycles. The van der Waals surface area contributed by atoms with Crippen molar-refractivity contribution in [2.24, 2.45) is 0 Å². The monoisotopic (exact) mass is 338 g/mol. The van der Waals surface area contributed by atoms with Crippen molar-refractivity contribution in [1.29, 1.82) is 0 Å². The highest BCUT2D eigenvalue weighted by Gasteiger charge is 2.25. The second kappa shape index (κ2) is 6.20. The van der Waals surface area contributed by atoms with E-state index >= 15 is 0 Å². The van der Waals surface area contributed by atoms with Gasteiger partial charge in [0.15, 0.2) is 0 Å². The van der Waals surface area contributed by atoms with Crippen LogP contribution in [0.3, 0.4) is 0 Å². The smallest absolute Gasteiger partial charge is 0.270 e. The molecule has 25 heavy (non-hydrogen) atoms. The number of fused-ring (bicyclic) bond motifs is 1. The minimum absolute atomic E-state index is 0.0326. The van der Waals surface area contributed by atoms with Crippen molar-refractivity contribution in [3.8, 4) is 0 Å². The van der Waals surface area contributed by atoms with Crippen LogP contribution in [0.25, 0.3) is 10.9 Å². The summed E-state index contributed by atoms with van der Waals surface area (Å²) in [6.45, 7) is 4.67. The van der Waals surface area contributed by atoms with Crippen molar-refractivity contribution in [3.05, 3.63) is 59.7 Å². The van der Waals surface area contributed by atoms with Crippen LogP contribution in [0.5, 0.6) is 0 Å². The summed E-state index contributed by atoms with van der Waals surface area (Å²) >= 11 is 0. The van der Waals surface area contributed by atoms with Gasteiger partial charge in [-0.1, -0.05) is 6.07 Å². The Bertz CT molecular complexity index is 914. The van der Waals surface area contributed by atoms with Crippen LogP contribution in [-0.2, 0) is 0 Å². The standard InChI is InChI=1S/C19H19FN4O/c1-13-15-6-5-14(20)12-16(15)22-18(13)19(25)24-10-8-23(9-11-24)17-4-2-3-7-21-17/h2-7,12,22H,8-11H2,1H3. The second-order valence-corrected chi connectivity index (χ2v) is 6.28. The Kier molecular flexibility index (Phi) is 3.87. The number of carbonyl (C=O) groups is 1. The topological polar surface area (TPSA) is 52.2 Å². The largest absolute Gasteiger partial charge is 0.353 e. The van der Waals surface area contributed by atoms with Gasteiger partial charge in [-0.3, -0.25) is 4.79 Å². The molecule has 1 N–H and O–H groups in total. The van der Waals surface area contributed by atoms with E-state index in [0.717, 1.165) is 29.9 Å². The number of halogens is 1. The van der Waals surface area contributed by atoms with Crippen molar-refractivity contribution in [2.45, 2.75) is 6.92 Å². The number of piperazine rings is 1. The molecule has 0 atom stereocenters. The molecule has 0 unspecified atom stereocenters. The lowest BCUT2D eigenvalue weighted by molar-refractivity contribution is 0.0741. The van der Waals surface area contributed by atoms with Gasteiger partial charge in [-0.05, 0) is 42.8 Å². The Labute approximate surface area is 145 Å². The maximum Gasteiger partial charge on any atom is 0.270 e. The maximum atomic E-state index is 13.4. The molecule has 0 spiro atoms. The first-order valence-electron chi connectivity index (χ1n) is 8.36. The summed E-state index contributed by atoms with van der Waals surface area (Å²) in [5, 5.41) is 0.886. The lowest BCUT2D eigenvalue weighted by atomic mass is 10.1. The number of hydrogen-bond donors (Lipinski definition) is 1. The minimum atomic E-state index is -0.309. The highest BCUT2D eigenvalue weighted by Crippen LogP contribution is 2.24. The number of benzene rings is 1. The normalized spacial score (nSPS) is 15.0. The molecular weight excluding hydrogens is 319 g/mol. The molecule has 5 nitrogen and oxygen atoms in total. The van der Waals surface area contributed by atoms with Crippen LogP contribution in [0.4, 0.5) is 10.2 Å². The Morgan fingerprint density at radius 1 is 1.16 bits per heavy atom. The van der Waals surface area contributed by atoms with Gasteiger partial charge in [0.2, 0.25) is 0 Å². The fourth-order valence-electron chi connectivity index (χ4n) is 3.36. The van der Waals surface area contributed by atoms with Gasteiger partial charge < -0.3 is 14.8 Å². The molecule has 4 rings (SSSR count). The van der Waals surface area contributed by atoms with E-state index in [4.69, 9.17) is 0 Å². The number of aromatic amines is 1. The average Bonchev–Trinajstić information content (AvgIpc) is 2.98. The summed E-state index contributed by atoms with van der Waals surface area (Å²) in [5.74, 6) is 0.596. The van der Waals surface area contributed by atoms with Crippen LogP contribution in [0.15, 0.2) is 42.6 Å². The zero-order valence-corrected chi connectivity index (χ0v) is 14.0. The lowest BCUT2D eigenvalue weighted by Gasteiger charge is -2.35.